The molecule has 2 rings (SSSR count). The van der Waals surface area contributed by atoms with Gasteiger partial charge in [-0.2, -0.15) is 4.98 Å². The van der Waals surface area contributed by atoms with Crippen LogP contribution in [0.4, 0.5) is 5.95 Å². The fraction of sp³-hybridized carbons (Fsp3) is 0.273. The molecule has 0 spiro atoms. The van der Waals surface area contributed by atoms with Crippen molar-refractivity contribution in [1.29, 1.82) is 0 Å². The predicted octanol–water partition coefficient (Wildman–Crippen LogP) is 1.70. The minimum Gasteiger partial charge on any atom is -0.493 e. The molecule has 0 aliphatic heterocycles. The Balaban J connectivity index is 2.05. The van der Waals surface area contributed by atoms with Crippen molar-refractivity contribution in [3.8, 4) is 11.5 Å². The van der Waals surface area contributed by atoms with Crippen LogP contribution >= 0.6 is 11.8 Å². The van der Waals surface area contributed by atoms with Crippen molar-refractivity contribution in [2.75, 3.05) is 20.0 Å². The average Bonchev–Trinajstić information content (AvgIpc) is 2.81. The Bertz CT molecular complexity index is 530. The molecule has 0 amide bonds. The third kappa shape index (κ3) is 2.86. The molecule has 0 unspecified atom stereocenters. The number of benzene rings is 1. The number of hydrogen-bond donors (Lipinski definition) is 2. The van der Waals surface area contributed by atoms with E-state index in [2.05, 4.69) is 15.2 Å². The molecule has 0 bridgehead atoms. The topological polar surface area (TPSA) is 86.0 Å². The summed E-state index contributed by atoms with van der Waals surface area (Å²) >= 11 is 1.50. The molecule has 2 aromatic rings. The number of anilines is 1. The summed E-state index contributed by atoms with van der Waals surface area (Å²) in [5.41, 5.74) is 6.55. The normalized spacial score (nSPS) is 10.3. The summed E-state index contributed by atoms with van der Waals surface area (Å²) < 4.78 is 10.4. The van der Waals surface area contributed by atoms with Crippen molar-refractivity contribution in [3.63, 3.8) is 0 Å². The first-order chi connectivity index (χ1) is 8.72. The number of nitrogens with zero attached hydrogens (tertiary/aromatic N) is 2. The van der Waals surface area contributed by atoms with Gasteiger partial charge in [-0.25, -0.2) is 5.10 Å². The van der Waals surface area contributed by atoms with E-state index in [4.69, 9.17) is 15.2 Å². The summed E-state index contributed by atoms with van der Waals surface area (Å²) in [6.45, 7) is 0. The molecule has 0 radical (unpaired) electrons. The lowest BCUT2D eigenvalue weighted by molar-refractivity contribution is 0.354. The number of methoxy groups -OCH3 is 2. The van der Waals surface area contributed by atoms with Gasteiger partial charge in [0.15, 0.2) is 11.5 Å². The molecule has 0 aliphatic rings. The molecule has 96 valence electrons. The molecule has 1 aromatic carbocycles. The second-order valence-electron chi connectivity index (χ2n) is 3.48. The Labute approximate surface area is 109 Å². The molecule has 6 nitrogen and oxygen atoms in total. The standard InChI is InChI=1S/C11H14N4O2S/c1-16-8-4-3-7(5-9(8)17-2)6-18-11-13-10(12)14-15-11/h3-5H,6H2,1-2H3,(H3,12,13,14,15). The van der Waals surface area contributed by atoms with Gasteiger partial charge in [-0.3, -0.25) is 0 Å². The van der Waals surface area contributed by atoms with Gasteiger partial charge in [0.05, 0.1) is 14.2 Å². The van der Waals surface area contributed by atoms with E-state index < -0.39 is 0 Å². The summed E-state index contributed by atoms with van der Waals surface area (Å²) in [7, 11) is 3.23. The number of thioether (sulfide) groups is 1. The third-order valence-corrected chi connectivity index (χ3v) is 3.22. The molecule has 0 atom stereocenters. The van der Waals surface area contributed by atoms with Gasteiger partial charge in [0.25, 0.3) is 0 Å². The van der Waals surface area contributed by atoms with E-state index in [-0.39, 0.29) is 0 Å². The first kappa shape index (κ1) is 12.6. The highest BCUT2D eigenvalue weighted by Crippen LogP contribution is 2.30. The Morgan fingerprint density at radius 1 is 1.28 bits per heavy atom. The lowest BCUT2D eigenvalue weighted by Crippen LogP contribution is -1.92. The van der Waals surface area contributed by atoms with E-state index in [1.165, 1.54) is 11.8 Å². The Kier molecular flexibility index (Phi) is 3.93. The van der Waals surface area contributed by atoms with Crippen molar-refractivity contribution < 1.29 is 9.47 Å². The van der Waals surface area contributed by atoms with Gasteiger partial charge >= 0.3 is 0 Å². The zero-order valence-corrected chi connectivity index (χ0v) is 11.0. The number of hydrogen-bond acceptors (Lipinski definition) is 6. The maximum atomic E-state index is 5.45. The van der Waals surface area contributed by atoms with Crippen LogP contribution in [-0.2, 0) is 5.75 Å². The summed E-state index contributed by atoms with van der Waals surface area (Å²) in [6, 6.07) is 5.78. The van der Waals surface area contributed by atoms with E-state index in [1.807, 2.05) is 18.2 Å². The van der Waals surface area contributed by atoms with Gasteiger partial charge in [0, 0.05) is 5.75 Å². The maximum absolute atomic E-state index is 5.45. The van der Waals surface area contributed by atoms with Crippen molar-refractivity contribution in [1.82, 2.24) is 15.2 Å². The number of H-pyrrole nitrogens is 1. The summed E-state index contributed by atoms with van der Waals surface area (Å²) in [5.74, 6) is 2.49. The summed E-state index contributed by atoms with van der Waals surface area (Å²) in [6.07, 6.45) is 0. The van der Waals surface area contributed by atoms with Crippen molar-refractivity contribution in [2.45, 2.75) is 10.9 Å². The molecule has 0 saturated carbocycles. The first-order valence-electron chi connectivity index (χ1n) is 5.24. The zero-order valence-electron chi connectivity index (χ0n) is 10.1. The smallest absolute Gasteiger partial charge is 0.216 e. The first-order valence-corrected chi connectivity index (χ1v) is 6.23. The maximum Gasteiger partial charge on any atom is 0.216 e. The van der Waals surface area contributed by atoms with Gasteiger partial charge in [-0.05, 0) is 17.7 Å². The molecule has 1 aromatic heterocycles. The third-order valence-electron chi connectivity index (χ3n) is 2.30. The van der Waals surface area contributed by atoms with Crippen LogP contribution in [0.25, 0.3) is 0 Å². The quantitative estimate of drug-likeness (QED) is 0.801. The van der Waals surface area contributed by atoms with Crippen LogP contribution < -0.4 is 15.2 Å². The van der Waals surface area contributed by atoms with Crippen molar-refractivity contribution >= 4 is 17.7 Å². The van der Waals surface area contributed by atoms with Crippen LogP contribution in [0, 0.1) is 0 Å². The fourth-order valence-corrected chi connectivity index (χ4v) is 2.19. The van der Waals surface area contributed by atoms with Crippen LogP contribution in [0.15, 0.2) is 23.4 Å². The molecule has 18 heavy (non-hydrogen) atoms. The second-order valence-corrected chi connectivity index (χ2v) is 4.42. The number of rotatable bonds is 5. The highest BCUT2D eigenvalue weighted by molar-refractivity contribution is 7.98. The number of ether oxygens (including phenoxy) is 2. The fourth-order valence-electron chi connectivity index (χ4n) is 1.44. The molecule has 3 N–H and O–H groups in total. The van der Waals surface area contributed by atoms with Gasteiger partial charge < -0.3 is 15.2 Å². The number of nitrogen functional groups attached to an aromatic ring is 1. The highest BCUT2D eigenvalue weighted by atomic mass is 32.2. The number of nitrogens with two attached hydrogens (primary N) is 1. The lowest BCUT2D eigenvalue weighted by Gasteiger charge is -2.08. The molecule has 1 heterocycles. The van der Waals surface area contributed by atoms with Crippen LogP contribution in [0.3, 0.4) is 0 Å². The van der Waals surface area contributed by atoms with E-state index in [1.54, 1.807) is 14.2 Å². The van der Waals surface area contributed by atoms with E-state index >= 15 is 0 Å². The molecule has 0 fully saturated rings. The monoisotopic (exact) mass is 266 g/mol. The average molecular weight is 266 g/mol. The number of nitrogens with one attached hydrogen (secondary N) is 1. The van der Waals surface area contributed by atoms with Crippen LogP contribution in [-0.4, -0.2) is 29.4 Å². The van der Waals surface area contributed by atoms with E-state index in [0.29, 0.717) is 22.6 Å². The Hall–Kier alpha value is -1.89. The van der Waals surface area contributed by atoms with E-state index in [0.717, 1.165) is 11.3 Å². The Morgan fingerprint density at radius 3 is 2.67 bits per heavy atom. The SMILES string of the molecule is COc1ccc(CSc2n[nH]c(N)n2)cc1OC. The van der Waals surface area contributed by atoms with Gasteiger partial charge in [-0.1, -0.05) is 17.8 Å². The molecule has 0 aliphatic carbocycles. The molecule has 0 saturated heterocycles. The van der Waals surface area contributed by atoms with Gasteiger partial charge in [-0.15, -0.1) is 5.10 Å². The van der Waals surface area contributed by atoms with Crippen LogP contribution in [0.5, 0.6) is 11.5 Å². The van der Waals surface area contributed by atoms with Gasteiger partial charge in [0.2, 0.25) is 11.1 Å². The predicted molar refractivity (Wildman–Crippen MR) is 69.9 cm³/mol. The van der Waals surface area contributed by atoms with Crippen molar-refractivity contribution in [3.05, 3.63) is 23.8 Å². The summed E-state index contributed by atoms with van der Waals surface area (Å²) in [5, 5.41) is 7.18. The van der Waals surface area contributed by atoms with E-state index in [9.17, 15) is 0 Å². The number of aromatic nitrogens is 3. The minimum absolute atomic E-state index is 0.324. The molecular weight excluding hydrogens is 252 g/mol. The summed E-state index contributed by atoms with van der Waals surface area (Å²) in [4.78, 5) is 4.02. The largest absolute Gasteiger partial charge is 0.493 e. The zero-order chi connectivity index (χ0) is 13.0. The highest BCUT2D eigenvalue weighted by Gasteiger charge is 2.06. The number of aromatic amines is 1. The van der Waals surface area contributed by atoms with Crippen molar-refractivity contribution in [2.24, 2.45) is 0 Å². The van der Waals surface area contributed by atoms with Crippen LogP contribution in [0.1, 0.15) is 5.56 Å². The second kappa shape index (κ2) is 5.63. The molecular formula is C11H14N4O2S. The van der Waals surface area contributed by atoms with Gasteiger partial charge in [0.1, 0.15) is 0 Å². The minimum atomic E-state index is 0.324. The van der Waals surface area contributed by atoms with Crippen LogP contribution in [0.2, 0.25) is 0 Å². The Morgan fingerprint density at radius 2 is 2.06 bits per heavy atom. The lowest BCUT2D eigenvalue weighted by atomic mass is 10.2. The molecule has 7 heteroatoms.